The maximum absolute atomic E-state index is 12.0. The molecule has 0 N–H and O–H groups in total. The van der Waals surface area contributed by atoms with Gasteiger partial charge in [-0.25, -0.2) is 4.98 Å². The minimum absolute atomic E-state index is 0.117. The standard InChI is InChI=1S/C126H100N10/c1-76-58-81(59-77(2)129-76)98-71-122(136-111-43-29-23-37-94(111)97-51-49-89(69-118(97)136)131-107-39-25-20-34-91(107)92-35-21-26-40-108(92)131)120(64-83(98)74-127)135-110-42-28-22-36-93(110)96-52-50-90(70-117(96)135)132-109-41-27-24-38-95(109)100-60-78(44-53-112(100)132)73-126(12,13)88-48-57-116-104(68-88)103-67-87(125(9,10)11)47-56-115(103)134(116)121-72-99(82-61-105(79-30-16-14-17-31-79)130-106(62-82)80-32-18-15-19-33-80)84(75-128)63-119(121)133-113-54-45-85(123(3,4)5)65-101(113)102-66-86(124(6,7)8)46-55-114(102)133/h14-72H,73H2,1-13H3. The molecule has 16 aromatic carbocycles. The molecule has 8 heterocycles. The summed E-state index contributed by atoms with van der Waals surface area (Å²) in [5.74, 6) is 0. The second-order valence-electron chi connectivity index (χ2n) is 41.1. The summed E-state index contributed by atoms with van der Waals surface area (Å²) in [7, 11) is 0. The molecule has 0 radical (unpaired) electrons. The predicted octanol–water partition coefficient (Wildman–Crippen LogP) is 32.5. The third kappa shape index (κ3) is 13.3. The van der Waals surface area contributed by atoms with E-state index in [0.717, 1.165) is 195 Å². The van der Waals surface area contributed by atoms with Gasteiger partial charge in [-0.1, -0.05) is 270 Å². The second-order valence-corrected chi connectivity index (χ2v) is 41.1. The Hall–Kier alpha value is -16.4. The van der Waals surface area contributed by atoms with Crippen LogP contribution in [-0.2, 0) is 28.1 Å². The van der Waals surface area contributed by atoms with Crippen LogP contribution in [0.15, 0.2) is 358 Å². The molecule has 0 bridgehead atoms. The average Bonchev–Trinajstić information content (AvgIpc) is 1.55. The first-order valence-corrected chi connectivity index (χ1v) is 47.3. The Kier molecular flexibility index (Phi) is 18.8. The van der Waals surface area contributed by atoms with E-state index in [2.05, 4.69) is 461 Å². The van der Waals surface area contributed by atoms with Gasteiger partial charge in [-0.2, -0.15) is 10.5 Å². The van der Waals surface area contributed by atoms with Gasteiger partial charge >= 0.3 is 0 Å². The summed E-state index contributed by atoms with van der Waals surface area (Å²) in [4.78, 5) is 10.2. The minimum Gasteiger partial charge on any atom is -0.309 e. The lowest BCUT2D eigenvalue weighted by molar-refractivity contribution is 0.523. The second kappa shape index (κ2) is 30.8. The maximum atomic E-state index is 12.0. The molecule has 0 saturated heterocycles. The maximum Gasteiger partial charge on any atom is 0.0998 e. The first-order chi connectivity index (χ1) is 65.8. The van der Waals surface area contributed by atoms with Gasteiger partial charge < -0.3 is 27.4 Å². The topological polar surface area (TPSA) is 103 Å². The fraction of sp³-hybridized carbons (Fsp3) is 0.143. The van der Waals surface area contributed by atoms with Gasteiger partial charge in [-0.15, -0.1) is 0 Å². The number of para-hydroxylation sites is 5. The van der Waals surface area contributed by atoms with E-state index in [9.17, 15) is 10.5 Å². The van der Waals surface area contributed by atoms with Crippen molar-refractivity contribution in [2.75, 3.05) is 0 Å². The SMILES string of the molecule is Cc1cc(-c2cc(-n3c4ccccc4c4ccc(-n5c6ccccc6c6ccccc65)cc43)c(-n3c4ccccc4c4ccc(-n5c6ccccc6c6cc(CC(C)(C)c7ccc8c(c7)c7cc(C(C)(C)C)ccc7n8-c7cc(-c8cc(-c9ccccc9)nc(-c9ccccc9)c8)c(C#N)cc7-n7c8ccc(C(C)(C)C)cc8c8cc(C(C)(C)C)ccc87)ccc65)cc43)cc2C#N)cc(C)n1. The Labute approximate surface area is 790 Å². The highest BCUT2D eigenvalue weighted by Crippen LogP contribution is 2.50. The van der Waals surface area contributed by atoms with Gasteiger partial charge in [0.2, 0.25) is 0 Å². The summed E-state index contributed by atoms with van der Waals surface area (Å²) in [5.41, 5.74) is 34.0. The molecule has 0 amide bonds. The van der Waals surface area contributed by atoms with Crippen LogP contribution in [-0.4, -0.2) is 37.4 Å². The number of aryl methyl sites for hydroxylation is 2. The molecule has 0 fully saturated rings. The zero-order valence-electron chi connectivity index (χ0n) is 78.7. The summed E-state index contributed by atoms with van der Waals surface area (Å²) >= 11 is 0. The number of nitriles is 2. The quantitative estimate of drug-likeness (QED) is 0.115. The summed E-state index contributed by atoms with van der Waals surface area (Å²) in [6.07, 6.45) is 0.748. The average molecular weight is 1750 g/mol. The van der Waals surface area contributed by atoms with Crippen molar-refractivity contribution in [2.24, 2.45) is 0 Å². The highest BCUT2D eigenvalue weighted by molar-refractivity contribution is 6.17. The largest absolute Gasteiger partial charge is 0.309 e. The summed E-state index contributed by atoms with van der Waals surface area (Å²) in [6, 6.07) is 137. The molecule has 0 aliphatic rings. The third-order valence-corrected chi connectivity index (χ3v) is 28.8. The molecule has 10 heteroatoms. The van der Waals surface area contributed by atoms with Gasteiger partial charge in [0.05, 0.1) is 124 Å². The van der Waals surface area contributed by atoms with Gasteiger partial charge in [0.25, 0.3) is 0 Å². The van der Waals surface area contributed by atoms with Crippen LogP contribution in [0, 0.1) is 36.5 Å². The predicted molar refractivity (Wildman–Crippen MR) is 568 cm³/mol. The number of fused-ring (bicyclic) bond motifs is 18. The van der Waals surface area contributed by atoms with Crippen molar-refractivity contribution in [1.82, 2.24) is 37.4 Å². The molecular weight excluding hydrogens is 1650 g/mol. The Bertz CT molecular complexity index is 9070. The van der Waals surface area contributed by atoms with Crippen LogP contribution in [0.1, 0.15) is 126 Å². The first-order valence-electron chi connectivity index (χ1n) is 47.3. The molecule has 8 aromatic heterocycles. The Morgan fingerprint density at radius 1 is 0.235 bits per heavy atom. The molecule has 0 saturated carbocycles. The van der Waals surface area contributed by atoms with Crippen LogP contribution in [0.2, 0.25) is 0 Å². The number of rotatable bonds is 13. The lowest BCUT2D eigenvalue weighted by Gasteiger charge is -2.26. The van der Waals surface area contributed by atoms with Crippen LogP contribution in [0.5, 0.6) is 0 Å². The highest BCUT2D eigenvalue weighted by atomic mass is 15.1. The van der Waals surface area contributed by atoms with Crippen molar-refractivity contribution in [1.29, 1.82) is 10.5 Å². The lowest BCUT2D eigenvalue weighted by atomic mass is 9.78. The van der Waals surface area contributed by atoms with Crippen molar-refractivity contribution in [3.8, 4) is 91.0 Å². The van der Waals surface area contributed by atoms with Gasteiger partial charge in [-0.3, -0.25) is 4.98 Å². The molecule has 10 nitrogen and oxygen atoms in total. The molecule has 0 aliphatic heterocycles. The van der Waals surface area contributed by atoms with Gasteiger partial charge in [-0.05, 0) is 245 Å². The molecule has 0 atom stereocenters. The van der Waals surface area contributed by atoms with Gasteiger partial charge in [0.1, 0.15) is 0 Å². The smallest absolute Gasteiger partial charge is 0.0998 e. The van der Waals surface area contributed by atoms with Crippen molar-refractivity contribution in [2.45, 2.75) is 118 Å². The van der Waals surface area contributed by atoms with E-state index >= 15 is 0 Å². The molecular formula is C126H100N10. The van der Waals surface area contributed by atoms with Crippen LogP contribution in [0.4, 0.5) is 0 Å². The molecule has 136 heavy (non-hydrogen) atoms. The zero-order valence-corrected chi connectivity index (χ0v) is 78.7. The van der Waals surface area contributed by atoms with Crippen LogP contribution in [0.25, 0.3) is 210 Å². The lowest BCUT2D eigenvalue weighted by Crippen LogP contribution is -2.20. The van der Waals surface area contributed by atoms with E-state index in [1.807, 2.05) is 26.0 Å². The van der Waals surface area contributed by atoms with E-state index in [1.165, 1.54) is 60.1 Å². The van der Waals surface area contributed by atoms with Gasteiger partial charge in [0, 0.05) is 110 Å². The number of hydrogen-bond acceptors (Lipinski definition) is 4. The minimum atomic E-state index is -0.386. The number of benzene rings is 16. The fourth-order valence-corrected chi connectivity index (χ4v) is 22.0. The van der Waals surface area contributed by atoms with E-state index in [1.54, 1.807) is 0 Å². The Balaban J connectivity index is 0.670. The number of nitrogens with zero attached hydrogens (tertiary/aromatic N) is 10. The van der Waals surface area contributed by atoms with Crippen molar-refractivity contribution in [3.05, 3.63) is 408 Å². The molecule has 24 aromatic rings. The molecule has 0 aliphatic carbocycles. The summed E-state index contributed by atoms with van der Waals surface area (Å²) in [5, 5.41) is 37.5. The summed E-state index contributed by atoms with van der Waals surface area (Å²) in [6.45, 7) is 29.6. The summed E-state index contributed by atoms with van der Waals surface area (Å²) < 4.78 is 14.7. The van der Waals surface area contributed by atoms with Crippen LogP contribution < -0.4 is 0 Å². The van der Waals surface area contributed by atoms with E-state index in [4.69, 9.17) is 9.97 Å². The first kappa shape index (κ1) is 82.7. The molecule has 654 valence electrons. The molecule has 24 rings (SSSR count). The highest BCUT2D eigenvalue weighted by Gasteiger charge is 2.32. The normalized spacial score (nSPS) is 12.5. The molecule has 0 unspecified atom stereocenters. The third-order valence-electron chi connectivity index (χ3n) is 28.8. The Morgan fingerprint density at radius 3 is 0.912 bits per heavy atom. The van der Waals surface area contributed by atoms with Crippen molar-refractivity contribution >= 4 is 131 Å². The van der Waals surface area contributed by atoms with E-state index in [0.29, 0.717) is 11.1 Å². The van der Waals surface area contributed by atoms with Gasteiger partial charge in [0.15, 0.2) is 0 Å². The number of pyridine rings is 2. The number of hydrogen-bond donors (Lipinski definition) is 0. The van der Waals surface area contributed by atoms with E-state index < -0.39 is 0 Å². The van der Waals surface area contributed by atoms with Crippen molar-refractivity contribution < 1.29 is 0 Å². The van der Waals surface area contributed by atoms with Crippen LogP contribution >= 0.6 is 0 Å². The van der Waals surface area contributed by atoms with E-state index in [-0.39, 0.29) is 21.7 Å². The fourth-order valence-electron chi connectivity index (χ4n) is 22.0. The molecule has 0 spiro atoms. The van der Waals surface area contributed by atoms with Crippen molar-refractivity contribution in [3.63, 3.8) is 0 Å². The van der Waals surface area contributed by atoms with Crippen LogP contribution in [0.3, 0.4) is 0 Å². The zero-order chi connectivity index (χ0) is 92.9. The Morgan fingerprint density at radius 2 is 0.529 bits per heavy atom. The monoisotopic (exact) mass is 1750 g/mol. The number of aromatic nitrogens is 8.